The summed E-state index contributed by atoms with van der Waals surface area (Å²) >= 11 is 1.85. The zero-order chi connectivity index (χ0) is 42.2. The van der Waals surface area contributed by atoms with Crippen LogP contribution in [-0.2, 0) is 5.41 Å². The molecule has 2 nitrogen and oxygen atoms in total. The molecule has 0 N–H and O–H groups in total. The molecule has 1 aromatic heterocycles. The van der Waals surface area contributed by atoms with E-state index in [9.17, 15) is 0 Å². The summed E-state index contributed by atoms with van der Waals surface area (Å²) in [6.07, 6.45) is 0. The molecule has 0 unspecified atom stereocenters. The van der Waals surface area contributed by atoms with Gasteiger partial charge >= 0.3 is 0 Å². The fourth-order valence-corrected chi connectivity index (χ4v) is 11.8. The molecule has 0 radical (unpaired) electrons. The molecule has 11 aromatic rings. The number of fused-ring (bicyclic) bond motifs is 12. The SMILES string of the molecule is c1ccc(-c2ccccc2-c2ccccc2-c2ccccc2N(c2ccc3c(c2)C2(c4ccccc4Oc4ccccc42)c2ccccc2-3)c2ccc3sc4ccccc4c3c2)cc1. The molecule has 2 aliphatic rings. The first-order chi connectivity index (χ1) is 31.8. The molecule has 0 saturated carbocycles. The predicted molar refractivity (Wildman–Crippen MR) is 268 cm³/mol. The molecule has 0 atom stereocenters. The van der Waals surface area contributed by atoms with Gasteiger partial charge in [0.25, 0.3) is 0 Å². The van der Waals surface area contributed by atoms with Crippen molar-refractivity contribution in [3.63, 3.8) is 0 Å². The van der Waals surface area contributed by atoms with Crippen molar-refractivity contribution >= 4 is 48.6 Å². The number of nitrogens with zero attached hydrogens (tertiary/aromatic N) is 1. The van der Waals surface area contributed by atoms with Crippen molar-refractivity contribution in [2.45, 2.75) is 5.41 Å². The quantitative estimate of drug-likeness (QED) is 0.165. The summed E-state index contributed by atoms with van der Waals surface area (Å²) in [7, 11) is 0. The minimum Gasteiger partial charge on any atom is -0.457 e. The molecule has 0 bridgehead atoms. The fourth-order valence-electron chi connectivity index (χ4n) is 10.7. The monoisotopic (exact) mass is 833 g/mol. The average Bonchev–Trinajstić information content (AvgIpc) is 3.88. The first-order valence-electron chi connectivity index (χ1n) is 21.9. The van der Waals surface area contributed by atoms with Crippen LogP contribution in [0.4, 0.5) is 17.1 Å². The zero-order valence-electron chi connectivity index (χ0n) is 34.8. The average molecular weight is 834 g/mol. The molecule has 10 aromatic carbocycles. The van der Waals surface area contributed by atoms with Crippen LogP contribution in [0.2, 0.25) is 0 Å². The Morgan fingerprint density at radius 2 is 0.828 bits per heavy atom. The summed E-state index contributed by atoms with van der Waals surface area (Å²) in [5.74, 6) is 1.78. The molecule has 13 rings (SSSR count). The van der Waals surface area contributed by atoms with Crippen LogP contribution in [0.15, 0.2) is 237 Å². The summed E-state index contributed by atoms with van der Waals surface area (Å²) in [6, 6.07) is 86.5. The largest absolute Gasteiger partial charge is 0.457 e. The van der Waals surface area contributed by atoms with Gasteiger partial charge in [-0.25, -0.2) is 0 Å². The highest BCUT2D eigenvalue weighted by atomic mass is 32.1. The number of benzene rings is 10. The van der Waals surface area contributed by atoms with Gasteiger partial charge in [-0.15, -0.1) is 11.3 Å². The third-order valence-electron chi connectivity index (χ3n) is 13.4. The Morgan fingerprint density at radius 3 is 1.58 bits per heavy atom. The number of rotatable bonds is 6. The fraction of sp³-hybridized carbons (Fsp3) is 0.0164. The van der Waals surface area contributed by atoms with E-state index < -0.39 is 5.41 Å². The number of anilines is 3. The topological polar surface area (TPSA) is 12.5 Å². The minimum absolute atomic E-state index is 0.597. The highest BCUT2D eigenvalue weighted by Crippen LogP contribution is 2.63. The molecule has 0 amide bonds. The summed E-state index contributed by atoms with van der Waals surface area (Å²) in [4.78, 5) is 2.50. The molecule has 0 saturated heterocycles. The van der Waals surface area contributed by atoms with E-state index in [0.29, 0.717) is 0 Å². The van der Waals surface area contributed by atoms with E-state index in [2.05, 4.69) is 241 Å². The number of ether oxygens (including phenoxy) is 1. The summed E-state index contributed by atoms with van der Waals surface area (Å²) < 4.78 is 9.29. The molecule has 1 spiro atoms. The molecule has 1 aliphatic heterocycles. The predicted octanol–water partition coefficient (Wildman–Crippen LogP) is 17.0. The molecule has 3 heteroatoms. The van der Waals surface area contributed by atoms with Crippen LogP contribution < -0.4 is 9.64 Å². The number of hydrogen-bond donors (Lipinski definition) is 0. The van der Waals surface area contributed by atoms with Crippen molar-refractivity contribution < 1.29 is 4.74 Å². The van der Waals surface area contributed by atoms with Crippen LogP contribution in [0.3, 0.4) is 0 Å². The number of thiophene rings is 1. The lowest BCUT2D eigenvalue weighted by Crippen LogP contribution is -2.32. The van der Waals surface area contributed by atoms with Gasteiger partial charge < -0.3 is 9.64 Å². The minimum atomic E-state index is -0.597. The second kappa shape index (κ2) is 14.6. The van der Waals surface area contributed by atoms with Crippen LogP contribution >= 0.6 is 11.3 Å². The van der Waals surface area contributed by atoms with Crippen molar-refractivity contribution in [1.29, 1.82) is 0 Å². The van der Waals surface area contributed by atoms with Gasteiger partial charge in [0.15, 0.2) is 0 Å². The molecular formula is C61H39NOS. The van der Waals surface area contributed by atoms with E-state index in [1.54, 1.807) is 0 Å². The maximum atomic E-state index is 6.72. The molecular weight excluding hydrogens is 795 g/mol. The van der Waals surface area contributed by atoms with Gasteiger partial charge in [0.1, 0.15) is 11.5 Å². The summed E-state index contributed by atoms with van der Waals surface area (Å²) in [6.45, 7) is 0. The third-order valence-corrected chi connectivity index (χ3v) is 14.5. The van der Waals surface area contributed by atoms with Crippen LogP contribution in [0, 0.1) is 0 Å². The van der Waals surface area contributed by atoms with Gasteiger partial charge in [0.2, 0.25) is 0 Å². The molecule has 300 valence electrons. The van der Waals surface area contributed by atoms with Gasteiger partial charge in [-0.3, -0.25) is 0 Å². The van der Waals surface area contributed by atoms with Crippen molar-refractivity contribution in [3.8, 4) is 56.0 Å². The van der Waals surface area contributed by atoms with E-state index in [-0.39, 0.29) is 0 Å². The Morgan fingerprint density at radius 1 is 0.328 bits per heavy atom. The Hall–Kier alpha value is -7.98. The lowest BCUT2D eigenvalue weighted by molar-refractivity contribution is 0.436. The molecule has 2 heterocycles. The maximum absolute atomic E-state index is 6.72. The smallest absolute Gasteiger partial charge is 0.132 e. The summed E-state index contributed by atoms with van der Waals surface area (Å²) in [5, 5.41) is 2.54. The van der Waals surface area contributed by atoms with Crippen LogP contribution in [0.25, 0.3) is 64.7 Å². The van der Waals surface area contributed by atoms with Crippen molar-refractivity contribution in [2.75, 3.05) is 4.90 Å². The Kier molecular flexibility index (Phi) is 8.34. The number of hydrogen-bond acceptors (Lipinski definition) is 3. The maximum Gasteiger partial charge on any atom is 0.132 e. The van der Waals surface area contributed by atoms with Gasteiger partial charge in [0, 0.05) is 48.2 Å². The van der Waals surface area contributed by atoms with E-state index in [1.807, 2.05) is 11.3 Å². The normalized spacial score (nSPS) is 12.9. The number of para-hydroxylation sites is 3. The Labute approximate surface area is 376 Å². The van der Waals surface area contributed by atoms with Gasteiger partial charge in [-0.05, 0) is 105 Å². The van der Waals surface area contributed by atoms with Crippen molar-refractivity contribution in [1.82, 2.24) is 0 Å². The standard InChI is InChI=1S/C61H39NOS/c1-2-18-40(19-3-1)43-20-4-5-21-44(43)45-22-6-7-23-46(45)49-25-9-14-30-56(49)62(41-35-37-60-51(38-41)50-26-10-17-33-59(50)64-60)42-34-36-48-47-24-8-11-27-52(47)61(55(48)39-42)53-28-12-15-31-57(53)63-58-32-16-13-29-54(58)61/h1-39H. The van der Waals surface area contributed by atoms with E-state index >= 15 is 0 Å². The van der Waals surface area contributed by atoms with E-state index in [4.69, 9.17) is 4.74 Å². The molecule has 0 fully saturated rings. The second-order valence-corrected chi connectivity index (χ2v) is 17.8. The Balaban J connectivity index is 1.09. The Bertz CT molecular complexity index is 3580. The zero-order valence-corrected chi connectivity index (χ0v) is 35.6. The van der Waals surface area contributed by atoms with Gasteiger partial charge in [0.05, 0.1) is 11.1 Å². The van der Waals surface area contributed by atoms with Gasteiger partial charge in [-0.2, -0.15) is 0 Å². The van der Waals surface area contributed by atoms with Gasteiger partial charge in [-0.1, -0.05) is 182 Å². The summed E-state index contributed by atoms with van der Waals surface area (Å²) in [5.41, 5.74) is 17.1. The van der Waals surface area contributed by atoms with Crippen molar-refractivity contribution in [2.24, 2.45) is 0 Å². The lowest BCUT2D eigenvalue weighted by Gasteiger charge is -2.39. The highest BCUT2D eigenvalue weighted by molar-refractivity contribution is 7.25. The van der Waals surface area contributed by atoms with Crippen molar-refractivity contribution in [3.05, 3.63) is 259 Å². The van der Waals surface area contributed by atoms with Crippen LogP contribution in [0.1, 0.15) is 22.3 Å². The lowest BCUT2D eigenvalue weighted by atomic mass is 9.66. The van der Waals surface area contributed by atoms with Crippen LogP contribution in [0.5, 0.6) is 11.5 Å². The highest BCUT2D eigenvalue weighted by Gasteiger charge is 2.51. The second-order valence-electron chi connectivity index (χ2n) is 16.7. The molecule has 64 heavy (non-hydrogen) atoms. The van der Waals surface area contributed by atoms with E-state index in [1.165, 1.54) is 70.2 Å². The first-order valence-corrected chi connectivity index (χ1v) is 22.7. The molecule has 1 aliphatic carbocycles. The third kappa shape index (κ3) is 5.44. The first kappa shape index (κ1) is 36.7. The van der Waals surface area contributed by atoms with E-state index in [0.717, 1.165) is 45.3 Å². The van der Waals surface area contributed by atoms with Crippen LogP contribution in [-0.4, -0.2) is 0 Å².